The highest BCUT2D eigenvalue weighted by molar-refractivity contribution is 7.10. The average Bonchev–Trinajstić information content (AvgIpc) is 2.98. The van der Waals surface area contributed by atoms with E-state index in [1.807, 2.05) is 37.4 Å². The first-order chi connectivity index (χ1) is 11.0. The first kappa shape index (κ1) is 18.7. The lowest BCUT2D eigenvalue weighted by molar-refractivity contribution is -0.117. The normalized spacial score (nSPS) is 9.96. The molecule has 0 aliphatic rings. The average molecular weight is 337 g/mol. The minimum absolute atomic E-state index is 0.200. The third-order valence-electron chi connectivity index (χ3n) is 2.72. The van der Waals surface area contributed by atoms with Crippen molar-refractivity contribution in [1.29, 1.82) is 0 Å². The van der Waals surface area contributed by atoms with Gasteiger partial charge in [-0.05, 0) is 30.4 Å². The summed E-state index contributed by atoms with van der Waals surface area (Å²) in [6, 6.07) is 7.30. The smallest absolute Gasteiger partial charge is 0.223 e. The molecule has 0 atom stereocenters. The second kappa shape index (κ2) is 9.60. The van der Waals surface area contributed by atoms with Crippen molar-refractivity contribution in [2.75, 3.05) is 26.5 Å². The van der Waals surface area contributed by atoms with Gasteiger partial charge in [-0.2, -0.15) is 0 Å². The molecule has 7 heteroatoms. The molecule has 0 aliphatic heterocycles. The highest BCUT2D eigenvalue weighted by Crippen LogP contribution is 2.28. The van der Waals surface area contributed by atoms with E-state index in [0.29, 0.717) is 6.41 Å². The van der Waals surface area contributed by atoms with Gasteiger partial charge in [0.2, 0.25) is 6.41 Å². The molecule has 0 spiro atoms. The molecule has 3 N–H and O–H groups in total. The number of nitrogens with two attached hydrogens (primary N) is 1. The highest BCUT2D eigenvalue weighted by Gasteiger charge is 2.04. The summed E-state index contributed by atoms with van der Waals surface area (Å²) in [5.41, 5.74) is 1.93. The van der Waals surface area contributed by atoms with Crippen LogP contribution in [0.4, 0.5) is 10.1 Å². The number of rotatable bonds is 5. The monoisotopic (exact) mass is 337 g/mol. The molecule has 1 aromatic carbocycles. The van der Waals surface area contributed by atoms with E-state index >= 15 is 0 Å². The number of hydrogen-bond donors (Lipinski definition) is 2. The molecule has 5 nitrogen and oxygen atoms in total. The second-order valence-electron chi connectivity index (χ2n) is 4.44. The fourth-order valence-electron chi connectivity index (χ4n) is 1.69. The number of hydrogen-bond acceptors (Lipinski definition) is 5. The summed E-state index contributed by atoms with van der Waals surface area (Å²) in [7, 11) is 4.96. The van der Waals surface area contributed by atoms with Crippen molar-refractivity contribution in [3.8, 4) is 5.75 Å². The van der Waals surface area contributed by atoms with Gasteiger partial charge in [-0.3, -0.25) is 9.80 Å². The topological polar surface area (TPSA) is 67.6 Å². The Kier molecular flexibility index (Phi) is 7.79. The molecular weight excluding hydrogens is 317 g/mol. The second-order valence-corrected chi connectivity index (χ2v) is 5.39. The lowest BCUT2D eigenvalue weighted by Gasteiger charge is -2.10. The van der Waals surface area contributed by atoms with Gasteiger partial charge in [0.25, 0.3) is 0 Å². The van der Waals surface area contributed by atoms with Gasteiger partial charge in [0.15, 0.2) is 0 Å². The first-order valence-corrected chi connectivity index (χ1v) is 7.59. The standard InChI is InChI=1S/C14H14FNOS.C2H6N2O/c1-16-13-4-3-5-14(17-2)12(13)7-6-11-8-10(15)9-18-11;1-4(3)2-5/h3-9,16H,1-2H3;2H,3H2,1H3/b7-6+;. The van der Waals surface area contributed by atoms with Crippen LogP contribution in [-0.2, 0) is 4.79 Å². The summed E-state index contributed by atoms with van der Waals surface area (Å²) in [6.07, 6.45) is 4.34. The van der Waals surface area contributed by atoms with Crippen LogP contribution < -0.4 is 15.9 Å². The van der Waals surface area contributed by atoms with Crippen molar-refractivity contribution in [2.24, 2.45) is 5.84 Å². The summed E-state index contributed by atoms with van der Waals surface area (Å²) in [5, 5.41) is 5.54. The summed E-state index contributed by atoms with van der Waals surface area (Å²) in [5.74, 6) is 5.34. The number of halogens is 1. The van der Waals surface area contributed by atoms with Gasteiger partial charge < -0.3 is 10.1 Å². The van der Waals surface area contributed by atoms with Crippen LogP contribution in [0.2, 0.25) is 0 Å². The fourth-order valence-corrected chi connectivity index (χ4v) is 2.34. The van der Waals surface area contributed by atoms with Crippen LogP contribution in [0.25, 0.3) is 12.2 Å². The van der Waals surface area contributed by atoms with Crippen LogP contribution in [0.5, 0.6) is 5.75 Å². The maximum absolute atomic E-state index is 12.9. The molecule has 0 saturated carbocycles. The molecule has 0 bridgehead atoms. The molecule has 124 valence electrons. The SMILES string of the molecule is CN(N)C=O.CNc1cccc(OC)c1/C=C/c1cc(F)cs1. The largest absolute Gasteiger partial charge is 0.496 e. The zero-order chi connectivity index (χ0) is 17.2. The number of hydrazine groups is 1. The molecule has 0 radical (unpaired) electrons. The Hall–Kier alpha value is -2.38. The number of nitrogens with one attached hydrogen (secondary N) is 1. The zero-order valence-corrected chi connectivity index (χ0v) is 14.1. The van der Waals surface area contributed by atoms with Crippen LogP contribution in [0, 0.1) is 5.82 Å². The van der Waals surface area contributed by atoms with Crippen LogP contribution in [-0.4, -0.2) is 32.6 Å². The Balaban J connectivity index is 0.000000463. The number of amides is 1. The van der Waals surface area contributed by atoms with Gasteiger partial charge >= 0.3 is 0 Å². The van der Waals surface area contributed by atoms with E-state index in [1.54, 1.807) is 7.11 Å². The number of carbonyl (C=O) groups is 1. The van der Waals surface area contributed by atoms with Crippen molar-refractivity contribution < 1.29 is 13.9 Å². The van der Waals surface area contributed by atoms with E-state index in [-0.39, 0.29) is 5.82 Å². The van der Waals surface area contributed by atoms with Crippen molar-refractivity contribution in [3.05, 3.63) is 45.9 Å². The van der Waals surface area contributed by atoms with E-state index in [4.69, 9.17) is 10.6 Å². The van der Waals surface area contributed by atoms with Crippen molar-refractivity contribution in [3.63, 3.8) is 0 Å². The van der Waals surface area contributed by atoms with Crippen LogP contribution in [0.3, 0.4) is 0 Å². The summed E-state index contributed by atoms with van der Waals surface area (Å²) >= 11 is 1.37. The summed E-state index contributed by atoms with van der Waals surface area (Å²) < 4.78 is 18.2. The number of anilines is 1. The first-order valence-electron chi connectivity index (χ1n) is 6.71. The van der Waals surface area contributed by atoms with Gasteiger partial charge in [0.05, 0.1) is 7.11 Å². The summed E-state index contributed by atoms with van der Waals surface area (Å²) in [6.45, 7) is 0. The Morgan fingerprint density at radius 2 is 2.09 bits per heavy atom. The Labute approximate surface area is 139 Å². The molecule has 2 rings (SSSR count). The molecule has 0 fully saturated rings. The van der Waals surface area contributed by atoms with Crippen molar-refractivity contribution >= 4 is 35.6 Å². The predicted octanol–water partition coefficient (Wildman–Crippen LogP) is 3.06. The van der Waals surface area contributed by atoms with Crippen LogP contribution >= 0.6 is 11.3 Å². The van der Waals surface area contributed by atoms with E-state index in [0.717, 1.165) is 26.9 Å². The van der Waals surface area contributed by atoms with Gasteiger partial charge in [-0.25, -0.2) is 10.2 Å². The van der Waals surface area contributed by atoms with Gasteiger partial charge in [0.1, 0.15) is 11.6 Å². The minimum Gasteiger partial charge on any atom is -0.496 e. The van der Waals surface area contributed by atoms with Gasteiger partial charge in [-0.15, -0.1) is 11.3 Å². The van der Waals surface area contributed by atoms with Gasteiger partial charge in [0, 0.05) is 35.6 Å². The quantitative estimate of drug-likeness (QED) is 0.381. The molecule has 1 amide bonds. The van der Waals surface area contributed by atoms with E-state index in [1.165, 1.54) is 29.8 Å². The third kappa shape index (κ3) is 6.09. The molecule has 2 aromatic rings. The zero-order valence-electron chi connectivity index (χ0n) is 13.2. The van der Waals surface area contributed by atoms with E-state index in [2.05, 4.69) is 5.32 Å². The molecule has 0 saturated heterocycles. The molecule has 0 unspecified atom stereocenters. The number of methoxy groups -OCH3 is 1. The van der Waals surface area contributed by atoms with Crippen molar-refractivity contribution in [2.45, 2.75) is 0 Å². The Bertz CT molecular complexity index is 634. The number of nitrogens with zero attached hydrogens (tertiary/aromatic N) is 1. The molecule has 0 aliphatic carbocycles. The van der Waals surface area contributed by atoms with E-state index < -0.39 is 0 Å². The number of carbonyl (C=O) groups excluding carboxylic acids is 1. The van der Waals surface area contributed by atoms with Crippen LogP contribution in [0.15, 0.2) is 29.6 Å². The summed E-state index contributed by atoms with van der Waals surface area (Å²) in [4.78, 5) is 10.2. The maximum Gasteiger partial charge on any atom is 0.223 e. The lowest BCUT2D eigenvalue weighted by Crippen LogP contribution is -2.23. The third-order valence-corrected chi connectivity index (χ3v) is 3.59. The molecule has 23 heavy (non-hydrogen) atoms. The number of thiophene rings is 1. The van der Waals surface area contributed by atoms with Crippen molar-refractivity contribution in [1.82, 2.24) is 5.01 Å². The number of benzene rings is 1. The lowest BCUT2D eigenvalue weighted by atomic mass is 10.1. The van der Waals surface area contributed by atoms with E-state index in [9.17, 15) is 9.18 Å². The Morgan fingerprint density at radius 3 is 2.57 bits per heavy atom. The van der Waals surface area contributed by atoms with Crippen LogP contribution in [0.1, 0.15) is 10.4 Å². The Morgan fingerprint density at radius 1 is 1.39 bits per heavy atom. The number of ether oxygens (including phenoxy) is 1. The van der Waals surface area contributed by atoms with Gasteiger partial charge in [-0.1, -0.05) is 6.07 Å². The molecule has 1 aromatic heterocycles. The molecule has 1 heterocycles. The maximum atomic E-state index is 12.9. The molecular formula is C16H20FN3O2S. The highest BCUT2D eigenvalue weighted by atomic mass is 32.1. The minimum atomic E-state index is -0.200. The fraction of sp³-hybridized carbons (Fsp3) is 0.188. The predicted molar refractivity (Wildman–Crippen MR) is 93.8 cm³/mol.